The summed E-state index contributed by atoms with van der Waals surface area (Å²) in [7, 11) is 0. The summed E-state index contributed by atoms with van der Waals surface area (Å²) >= 11 is 0. The van der Waals surface area contributed by atoms with E-state index in [2.05, 4.69) is 10.6 Å². The van der Waals surface area contributed by atoms with Gasteiger partial charge in [-0.25, -0.2) is 5.32 Å². The molecule has 8 heteroatoms. The van der Waals surface area contributed by atoms with Crippen molar-refractivity contribution >= 4 is 0 Å². The van der Waals surface area contributed by atoms with Gasteiger partial charge >= 0.3 is 12.4 Å². The summed E-state index contributed by atoms with van der Waals surface area (Å²) in [6.45, 7) is 1.08. The number of hydrogen-bond donors (Lipinski definition) is 1. The van der Waals surface area contributed by atoms with Gasteiger partial charge in [-0.15, -0.1) is 0 Å². The highest BCUT2D eigenvalue weighted by molar-refractivity contribution is 5.38. The second-order valence-corrected chi connectivity index (χ2v) is 4.42. The third-order valence-electron chi connectivity index (χ3n) is 3.02. The van der Waals surface area contributed by atoms with Crippen LogP contribution in [0.15, 0.2) is 18.2 Å². The van der Waals surface area contributed by atoms with Gasteiger partial charge in [-0.3, -0.25) is 0 Å². The SMILES string of the molecule is FC(F)(F)c1ccc(C2CNCC[N]2)c(C(F)(F)F)c1. The molecule has 0 aromatic heterocycles. The van der Waals surface area contributed by atoms with Crippen LogP contribution in [0, 0.1) is 0 Å². The molecule has 1 saturated heterocycles. The Bertz CT molecular complexity index is 474. The van der Waals surface area contributed by atoms with Crippen LogP contribution in [-0.4, -0.2) is 19.6 Å². The first kappa shape index (κ1) is 15.1. The lowest BCUT2D eigenvalue weighted by atomic mass is 9.96. The van der Waals surface area contributed by atoms with E-state index in [-0.39, 0.29) is 18.2 Å². The Balaban J connectivity index is 2.45. The molecule has 1 fully saturated rings. The van der Waals surface area contributed by atoms with Gasteiger partial charge in [-0.05, 0) is 17.7 Å². The third-order valence-corrected chi connectivity index (χ3v) is 3.02. The molecule has 1 aromatic rings. The minimum Gasteiger partial charge on any atom is -0.313 e. The van der Waals surface area contributed by atoms with Crippen LogP contribution in [0.25, 0.3) is 0 Å². The summed E-state index contributed by atoms with van der Waals surface area (Å²) in [5.41, 5.74) is -2.81. The first-order valence-electron chi connectivity index (χ1n) is 5.85. The molecule has 2 nitrogen and oxygen atoms in total. The molecule has 1 unspecified atom stereocenters. The molecule has 1 N–H and O–H groups in total. The molecule has 2 rings (SSSR count). The molecule has 1 aliphatic rings. The van der Waals surface area contributed by atoms with Gasteiger partial charge in [-0.2, -0.15) is 26.3 Å². The van der Waals surface area contributed by atoms with E-state index in [1.165, 1.54) is 0 Å². The molecule has 0 aliphatic carbocycles. The van der Waals surface area contributed by atoms with Crippen molar-refractivity contribution in [2.45, 2.75) is 18.4 Å². The lowest BCUT2D eigenvalue weighted by Gasteiger charge is -2.26. The Morgan fingerprint density at radius 2 is 1.75 bits per heavy atom. The van der Waals surface area contributed by atoms with Crippen molar-refractivity contribution in [1.29, 1.82) is 0 Å². The van der Waals surface area contributed by atoms with Gasteiger partial charge in [0.25, 0.3) is 0 Å². The summed E-state index contributed by atoms with van der Waals surface area (Å²) in [5, 5.41) is 6.90. The van der Waals surface area contributed by atoms with Gasteiger partial charge in [0.05, 0.1) is 17.2 Å². The van der Waals surface area contributed by atoms with Crippen molar-refractivity contribution in [3.05, 3.63) is 34.9 Å². The number of alkyl halides is 6. The van der Waals surface area contributed by atoms with E-state index < -0.39 is 29.5 Å². The van der Waals surface area contributed by atoms with Crippen LogP contribution < -0.4 is 10.6 Å². The molecule has 0 amide bonds. The monoisotopic (exact) mass is 297 g/mol. The highest BCUT2D eigenvalue weighted by Crippen LogP contribution is 2.39. The Morgan fingerprint density at radius 3 is 2.25 bits per heavy atom. The zero-order chi connectivity index (χ0) is 15.0. The van der Waals surface area contributed by atoms with Crippen molar-refractivity contribution in [2.75, 3.05) is 19.6 Å². The highest BCUT2D eigenvalue weighted by atomic mass is 19.4. The lowest BCUT2D eigenvalue weighted by molar-refractivity contribution is -0.143. The maximum atomic E-state index is 12.9. The fraction of sp³-hybridized carbons (Fsp3) is 0.500. The van der Waals surface area contributed by atoms with E-state index in [1.54, 1.807) is 0 Å². The number of nitrogens with zero attached hydrogens (tertiary/aromatic N) is 1. The summed E-state index contributed by atoms with van der Waals surface area (Å²) in [6, 6.07) is 0.906. The van der Waals surface area contributed by atoms with Crippen molar-refractivity contribution < 1.29 is 26.3 Å². The molecule has 0 saturated carbocycles. The van der Waals surface area contributed by atoms with Crippen molar-refractivity contribution in [1.82, 2.24) is 10.6 Å². The smallest absolute Gasteiger partial charge is 0.313 e. The predicted molar refractivity (Wildman–Crippen MR) is 59.1 cm³/mol. The third kappa shape index (κ3) is 3.24. The van der Waals surface area contributed by atoms with Crippen LogP contribution in [-0.2, 0) is 12.4 Å². The number of halogens is 6. The molecule has 1 heterocycles. The van der Waals surface area contributed by atoms with Gasteiger partial charge in [0.1, 0.15) is 0 Å². The summed E-state index contributed by atoms with van der Waals surface area (Å²) < 4.78 is 76.4. The number of hydrogen-bond acceptors (Lipinski definition) is 1. The zero-order valence-electron chi connectivity index (χ0n) is 10.1. The first-order valence-corrected chi connectivity index (χ1v) is 5.85. The minimum absolute atomic E-state index is 0.152. The van der Waals surface area contributed by atoms with E-state index in [0.29, 0.717) is 19.2 Å². The quantitative estimate of drug-likeness (QED) is 0.792. The summed E-state index contributed by atoms with van der Waals surface area (Å²) in [5.74, 6) is 0. The van der Waals surface area contributed by atoms with E-state index in [9.17, 15) is 26.3 Å². The number of nitrogens with one attached hydrogen (secondary N) is 1. The standard InChI is InChI=1S/C12H11F6N2/c13-11(14,15)7-1-2-8(9(5-7)12(16,17)18)10-6-19-3-4-20-10/h1-2,5,10,19H,3-4,6H2. The van der Waals surface area contributed by atoms with Gasteiger partial charge < -0.3 is 5.32 Å². The van der Waals surface area contributed by atoms with Crippen LogP contribution in [0.2, 0.25) is 0 Å². The van der Waals surface area contributed by atoms with Crippen LogP contribution in [0.4, 0.5) is 26.3 Å². The van der Waals surface area contributed by atoms with Crippen LogP contribution in [0.1, 0.15) is 22.7 Å². The second-order valence-electron chi connectivity index (χ2n) is 4.42. The van der Waals surface area contributed by atoms with Crippen LogP contribution in [0.3, 0.4) is 0 Å². The molecule has 0 bridgehead atoms. The maximum Gasteiger partial charge on any atom is 0.416 e. The molecule has 111 valence electrons. The van der Waals surface area contributed by atoms with Crippen LogP contribution in [0.5, 0.6) is 0 Å². The predicted octanol–water partition coefficient (Wildman–Crippen LogP) is 2.97. The number of rotatable bonds is 1. The van der Waals surface area contributed by atoms with Gasteiger partial charge in [0.15, 0.2) is 0 Å². The van der Waals surface area contributed by atoms with E-state index in [0.717, 1.165) is 6.07 Å². The average Bonchev–Trinajstić information content (AvgIpc) is 2.37. The Labute approximate surface area is 111 Å². The molecule has 1 aromatic carbocycles. The van der Waals surface area contributed by atoms with Crippen LogP contribution >= 0.6 is 0 Å². The van der Waals surface area contributed by atoms with Gasteiger partial charge in [0, 0.05) is 19.6 Å². The fourth-order valence-electron chi connectivity index (χ4n) is 2.08. The zero-order valence-corrected chi connectivity index (χ0v) is 10.1. The van der Waals surface area contributed by atoms with Crippen molar-refractivity contribution in [2.24, 2.45) is 0 Å². The highest BCUT2D eigenvalue weighted by Gasteiger charge is 2.39. The maximum absolute atomic E-state index is 12.9. The minimum atomic E-state index is -4.84. The number of benzene rings is 1. The molecular weight excluding hydrogens is 286 g/mol. The molecule has 0 spiro atoms. The van der Waals surface area contributed by atoms with Gasteiger partial charge in [-0.1, -0.05) is 6.07 Å². The molecule has 1 aliphatic heterocycles. The van der Waals surface area contributed by atoms with Crippen molar-refractivity contribution in [3.8, 4) is 0 Å². The average molecular weight is 297 g/mol. The van der Waals surface area contributed by atoms with Gasteiger partial charge in [0.2, 0.25) is 0 Å². The van der Waals surface area contributed by atoms with E-state index >= 15 is 0 Å². The van der Waals surface area contributed by atoms with E-state index in [4.69, 9.17) is 0 Å². The normalized spacial score (nSPS) is 21.0. The topological polar surface area (TPSA) is 26.1 Å². The van der Waals surface area contributed by atoms with E-state index in [1.807, 2.05) is 0 Å². The largest absolute Gasteiger partial charge is 0.416 e. The molecule has 20 heavy (non-hydrogen) atoms. The number of piperazine rings is 1. The summed E-state index contributed by atoms with van der Waals surface area (Å²) in [4.78, 5) is 0. The lowest BCUT2D eigenvalue weighted by Crippen LogP contribution is -2.39. The molecular formula is C12H11F6N2. The Kier molecular flexibility index (Phi) is 3.97. The Morgan fingerprint density at radius 1 is 1.05 bits per heavy atom. The summed E-state index contributed by atoms with van der Waals surface area (Å²) in [6.07, 6.45) is -9.65. The molecule has 1 atom stereocenters. The Hall–Kier alpha value is -1.28. The first-order chi connectivity index (χ1) is 9.19. The molecule has 1 radical (unpaired) electrons. The fourth-order valence-corrected chi connectivity index (χ4v) is 2.08. The van der Waals surface area contributed by atoms with Crippen molar-refractivity contribution in [3.63, 3.8) is 0 Å². The second kappa shape index (κ2) is 5.25.